The summed E-state index contributed by atoms with van der Waals surface area (Å²) in [5.41, 5.74) is 6.48. The number of aromatic nitrogens is 2. The first-order chi connectivity index (χ1) is 17.7. The number of fused-ring (bicyclic) bond motifs is 1. The van der Waals surface area contributed by atoms with Gasteiger partial charge in [-0.05, 0) is 71.9 Å². The molecule has 0 saturated carbocycles. The van der Waals surface area contributed by atoms with Crippen LogP contribution in [0.4, 0.5) is 0 Å². The average Bonchev–Trinajstić information content (AvgIpc) is 3.21. The van der Waals surface area contributed by atoms with Crippen LogP contribution in [0.1, 0.15) is 90.6 Å². The van der Waals surface area contributed by atoms with Crippen LogP contribution >= 0.6 is 0 Å². The number of aryl methyl sites for hydroxylation is 3. The summed E-state index contributed by atoms with van der Waals surface area (Å²) < 4.78 is 6.17. The highest BCUT2D eigenvalue weighted by molar-refractivity contribution is 5.96. The fourth-order valence-electron chi connectivity index (χ4n) is 6.90. The number of benzene rings is 1. The number of piperazine rings is 1. The van der Waals surface area contributed by atoms with Crippen LogP contribution < -0.4 is 0 Å². The van der Waals surface area contributed by atoms with Gasteiger partial charge in [-0.3, -0.25) is 14.6 Å². The van der Waals surface area contributed by atoms with E-state index in [2.05, 4.69) is 65.7 Å². The molecule has 0 radical (unpaired) electrons. The minimum Gasteiger partial charge on any atom is -0.374 e. The predicted octanol–water partition coefficient (Wildman–Crippen LogP) is 4.63. The second-order valence-electron chi connectivity index (χ2n) is 11.6. The van der Waals surface area contributed by atoms with E-state index >= 15 is 0 Å². The van der Waals surface area contributed by atoms with Crippen LogP contribution in [0.5, 0.6) is 0 Å². The molecule has 1 aliphatic carbocycles. The molecule has 3 atom stereocenters. The van der Waals surface area contributed by atoms with Crippen LogP contribution in [0.15, 0.2) is 24.5 Å². The maximum Gasteiger partial charge on any atom is 0.257 e. The SMILES string of the molecule is CCO[C@H]1C[C@H](N2CCN(C3(C)CCN(C(=O)c4c(C)ncnc4C)CC3)C[C@@H]2C)c2ccc(C)cc21. The third-order valence-corrected chi connectivity index (χ3v) is 9.16. The Morgan fingerprint density at radius 2 is 1.76 bits per heavy atom. The van der Waals surface area contributed by atoms with Crippen molar-refractivity contribution in [1.29, 1.82) is 0 Å². The van der Waals surface area contributed by atoms with Crippen molar-refractivity contribution in [3.63, 3.8) is 0 Å². The standard InChI is InChI=1S/C30H43N5O2/c1-7-37-27-17-26(24-9-8-20(2)16-25(24)27)35-15-14-34(18-21(35)3)30(6)10-12-33(13-11-30)29(36)28-22(4)31-19-32-23(28)5/h8-9,16,19,21,26-27H,7,10-15,17-18H2,1-6H3/t21-,26-,27-/m0/s1. The van der Waals surface area contributed by atoms with E-state index in [1.165, 1.54) is 23.0 Å². The Labute approximate surface area is 222 Å². The fraction of sp³-hybridized carbons (Fsp3) is 0.633. The first kappa shape index (κ1) is 26.3. The summed E-state index contributed by atoms with van der Waals surface area (Å²) in [6.45, 7) is 18.4. The topological polar surface area (TPSA) is 61.8 Å². The van der Waals surface area contributed by atoms with E-state index in [1.54, 1.807) is 0 Å². The van der Waals surface area contributed by atoms with E-state index in [4.69, 9.17) is 4.74 Å². The van der Waals surface area contributed by atoms with Gasteiger partial charge in [-0.25, -0.2) is 9.97 Å². The van der Waals surface area contributed by atoms with Gasteiger partial charge in [0.1, 0.15) is 6.33 Å². The van der Waals surface area contributed by atoms with Crippen LogP contribution in [-0.4, -0.2) is 81.5 Å². The smallest absolute Gasteiger partial charge is 0.257 e. The third-order valence-electron chi connectivity index (χ3n) is 9.16. The quantitative estimate of drug-likeness (QED) is 0.591. The molecule has 7 heteroatoms. The van der Waals surface area contributed by atoms with E-state index in [-0.39, 0.29) is 17.6 Å². The van der Waals surface area contributed by atoms with Gasteiger partial charge in [-0.1, -0.05) is 23.8 Å². The zero-order chi connectivity index (χ0) is 26.3. The molecule has 2 fully saturated rings. The fourth-order valence-corrected chi connectivity index (χ4v) is 6.90. The van der Waals surface area contributed by atoms with Crippen molar-refractivity contribution in [3.8, 4) is 0 Å². The number of carbonyl (C=O) groups excluding carboxylic acids is 1. The van der Waals surface area contributed by atoms with Gasteiger partial charge >= 0.3 is 0 Å². The average molecular weight is 506 g/mol. The Morgan fingerprint density at radius 1 is 1.05 bits per heavy atom. The number of likely N-dealkylation sites (tertiary alicyclic amines) is 1. The van der Waals surface area contributed by atoms with Gasteiger partial charge in [0.15, 0.2) is 0 Å². The van der Waals surface area contributed by atoms with Crippen LogP contribution in [0.3, 0.4) is 0 Å². The number of rotatable bonds is 5. The van der Waals surface area contributed by atoms with Gasteiger partial charge in [0.25, 0.3) is 5.91 Å². The molecule has 1 aromatic heterocycles. The first-order valence-electron chi connectivity index (χ1n) is 14.0. The third kappa shape index (κ3) is 4.93. The van der Waals surface area contributed by atoms with Crippen molar-refractivity contribution in [1.82, 2.24) is 24.7 Å². The lowest BCUT2D eigenvalue weighted by Crippen LogP contribution is -2.62. The molecule has 0 bridgehead atoms. The summed E-state index contributed by atoms with van der Waals surface area (Å²) in [6, 6.07) is 7.81. The summed E-state index contributed by atoms with van der Waals surface area (Å²) in [4.78, 5) is 29.2. The number of carbonyl (C=O) groups is 1. The molecule has 1 amide bonds. The second kappa shape index (κ2) is 10.4. The maximum absolute atomic E-state index is 13.3. The molecule has 0 unspecified atom stereocenters. The molecule has 2 saturated heterocycles. The Kier molecular flexibility index (Phi) is 7.40. The van der Waals surface area contributed by atoms with Crippen molar-refractivity contribution in [2.24, 2.45) is 0 Å². The molecule has 1 aromatic carbocycles. The van der Waals surface area contributed by atoms with Gasteiger partial charge in [0, 0.05) is 57.0 Å². The molecule has 0 spiro atoms. The van der Waals surface area contributed by atoms with Crippen molar-refractivity contribution in [2.45, 2.75) is 84.5 Å². The summed E-state index contributed by atoms with van der Waals surface area (Å²) in [5, 5.41) is 0. The van der Waals surface area contributed by atoms with Crippen molar-refractivity contribution < 1.29 is 9.53 Å². The maximum atomic E-state index is 13.3. The van der Waals surface area contributed by atoms with Gasteiger partial charge in [0.2, 0.25) is 0 Å². The molecule has 3 aliphatic rings. The molecule has 7 nitrogen and oxygen atoms in total. The van der Waals surface area contributed by atoms with E-state index in [0.717, 1.165) is 70.0 Å². The largest absolute Gasteiger partial charge is 0.374 e. The summed E-state index contributed by atoms with van der Waals surface area (Å²) in [7, 11) is 0. The van der Waals surface area contributed by atoms with E-state index < -0.39 is 0 Å². The summed E-state index contributed by atoms with van der Waals surface area (Å²) in [5.74, 6) is 0.0785. The van der Waals surface area contributed by atoms with Crippen molar-refractivity contribution >= 4 is 5.91 Å². The highest BCUT2D eigenvalue weighted by atomic mass is 16.5. The molecule has 200 valence electrons. The molecule has 2 aliphatic heterocycles. The molecule has 0 N–H and O–H groups in total. The highest BCUT2D eigenvalue weighted by Gasteiger charge is 2.43. The van der Waals surface area contributed by atoms with Crippen molar-refractivity contribution in [3.05, 3.63) is 58.2 Å². The van der Waals surface area contributed by atoms with Gasteiger partial charge in [-0.15, -0.1) is 0 Å². The van der Waals surface area contributed by atoms with Crippen LogP contribution in [0.2, 0.25) is 0 Å². The highest BCUT2D eigenvalue weighted by Crippen LogP contribution is 2.46. The predicted molar refractivity (Wildman–Crippen MR) is 146 cm³/mol. The molecular formula is C30H43N5O2. The molecule has 37 heavy (non-hydrogen) atoms. The molecule has 2 aromatic rings. The van der Waals surface area contributed by atoms with Crippen LogP contribution in [0, 0.1) is 20.8 Å². The second-order valence-corrected chi connectivity index (χ2v) is 11.6. The monoisotopic (exact) mass is 505 g/mol. The minimum atomic E-state index is 0.0785. The number of ether oxygens (including phenoxy) is 1. The Bertz CT molecular complexity index is 1120. The lowest BCUT2D eigenvalue weighted by atomic mass is 9.86. The van der Waals surface area contributed by atoms with Crippen LogP contribution in [0.25, 0.3) is 0 Å². The molecular weight excluding hydrogens is 462 g/mol. The van der Waals surface area contributed by atoms with Crippen LogP contribution in [-0.2, 0) is 4.74 Å². The lowest BCUT2D eigenvalue weighted by molar-refractivity contribution is -0.0365. The summed E-state index contributed by atoms with van der Waals surface area (Å²) >= 11 is 0. The normalized spacial score (nSPS) is 26.3. The summed E-state index contributed by atoms with van der Waals surface area (Å²) in [6.07, 6.45) is 4.78. The number of nitrogens with zero attached hydrogens (tertiary/aromatic N) is 5. The number of piperidine rings is 1. The first-order valence-corrected chi connectivity index (χ1v) is 14.0. The lowest BCUT2D eigenvalue weighted by Gasteiger charge is -2.52. The number of hydrogen-bond donors (Lipinski definition) is 0. The number of amides is 1. The zero-order valence-electron chi connectivity index (χ0n) is 23.5. The Hall–Kier alpha value is -2.35. The van der Waals surface area contributed by atoms with Crippen molar-refractivity contribution in [2.75, 3.05) is 39.3 Å². The van der Waals surface area contributed by atoms with Gasteiger partial charge in [-0.2, -0.15) is 0 Å². The number of hydrogen-bond acceptors (Lipinski definition) is 6. The minimum absolute atomic E-state index is 0.0785. The van der Waals surface area contributed by atoms with E-state index in [1.807, 2.05) is 18.7 Å². The molecule has 5 rings (SSSR count). The van der Waals surface area contributed by atoms with E-state index in [9.17, 15) is 4.79 Å². The van der Waals surface area contributed by atoms with Gasteiger partial charge < -0.3 is 9.64 Å². The Balaban J connectivity index is 1.23. The van der Waals surface area contributed by atoms with Gasteiger partial charge in [0.05, 0.1) is 23.1 Å². The zero-order valence-corrected chi connectivity index (χ0v) is 23.5. The Morgan fingerprint density at radius 3 is 2.41 bits per heavy atom. The molecule has 3 heterocycles. The van der Waals surface area contributed by atoms with E-state index in [0.29, 0.717) is 17.6 Å².